The SMILES string of the molecule is COc1ccc(C)cc1NC(=O)C1CN(c2cc(-n3cccn3)ncn2)C1. The van der Waals surface area contributed by atoms with Gasteiger partial charge in [0.25, 0.3) is 0 Å². The van der Waals surface area contributed by atoms with Crippen molar-refractivity contribution < 1.29 is 9.53 Å². The maximum absolute atomic E-state index is 12.6. The van der Waals surface area contributed by atoms with Gasteiger partial charge in [-0.25, -0.2) is 14.6 Å². The Balaban J connectivity index is 1.40. The predicted octanol–water partition coefficient (Wildman–Crippen LogP) is 2.05. The van der Waals surface area contributed by atoms with E-state index in [1.54, 1.807) is 18.0 Å². The molecule has 3 heterocycles. The number of hydrogen-bond acceptors (Lipinski definition) is 6. The smallest absolute Gasteiger partial charge is 0.231 e. The Kier molecular flexibility index (Phi) is 4.45. The monoisotopic (exact) mass is 364 g/mol. The Morgan fingerprint density at radius 1 is 1.22 bits per heavy atom. The summed E-state index contributed by atoms with van der Waals surface area (Å²) in [6.07, 6.45) is 5.04. The first-order valence-electron chi connectivity index (χ1n) is 8.66. The number of carbonyl (C=O) groups is 1. The van der Waals surface area contributed by atoms with E-state index in [0.29, 0.717) is 30.3 Å². The Hall–Kier alpha value is -3.42. The Bertz CT molecular complexity index is 951. The summed E-state index contributed by atoms with van der Waals surface area (Å²) in [6.45, 7) is 3.19. The van der Waals surface area contributed by atoms with Crippen molar-refractivity contribution in [2.75, 3.05) is 30.4 Å². The van der Waals surface area contributed by atoms with Crippen molar-refractivity contribution in [2.24, 2.45) is 5.92 Å². The van der Waals surface area contributed by atoms with Crippen LogP contribution in [0, 0.1) is 12.8 Å². The molecule has 3 aromatic rings. The second-order valence-corrected chi connectivity index (χ2v) is 6.48. The van der Waals surface area contributed by atoms with Gasteiger partial charge in [0.05, 0.1) is 18.7 Å². The molecule has 1 fully saturated rings. The van der Waals surface area contributed by atoms with Crippen LogP contribution in [0.25, 0.3) is 5.82 Å². The molecule has 8 nitrogen and oxygen atoms in total. The van der Waals surface area contributed by atoms with E-state index < -0.39 is 0 Å². The number of nitrogens with zero attached hydrogens (tertiary/aromatic N) is 5. The van der Waals surface area contributed by atoms with Crippen LogP contribution in [0.5, 0.6) is 5.75 Å². The van der Waals surface area contributed by atoms with Gasteiger partial charge in [-0.2, -0.15) is 5.10 Å². The van der Waals surface area contributed by atoms with Gasteiger partial charge >= 0.3 is 0 Å². The molecule has 1 N–H and O–H groups in total. The van der Waals surface area contributed by atoms with Crippen molar-refractivity contribution in [3.63, 3.8) is 0 Å². The lowest BCUT2D eigenvalue weighted by Crippen LogP contribution is -2.52. The number of carbonyl (C=O) groups excluding carboxylic acids is 1. The maximum atomic E-state index is 12.6. The molecule has 1 aliphatic rings. The molecule has 0 aliphatic carbocycles. The van der Waals surface area contributed by atoms with E-state index in [4.69, 9.17) is 4.74 Å². The van der Waals surface area contributed by atoms with Gasteiger partial charge in [0, 0.05) is 31.5 Å². The van der Waals surface area contributed by atoms with Crippen molar-refractivity contribution in [3.05, 3.63) is 54.6 Å². The molecule has 1 aromatic carbocycles. The summed E-state index contributed by atoms with van der Waals surface area (Å²) in [7, 11) is 1.59. The Labute approximate surface area is 156 Å². The van der Waals surface area contributed by atoms with Crippen LogP contribution in [0.2, 0.25) is 0 Å². The molecule has 0 unspecified atom stereocenters. The van der Waals surface area contributed by atoms with Gasteiger partial charge in [0.1, 0.15) is 17.9 Å². The normalized spacial score (nSPS) is 13.9. The highest BCUT2D eigenvalue weighted by Crippen LogP contribution is 2.28. The second kappa shape index (κ2) is 7.06. The fraction of sp³-hybridized carbons (Fsp3) is 0.263. The molecule has 0 radical (unpaired) electrons. The van der Waals surface area contributed by atoms with Gasteiger partial charge in [0.2, 0.25) is 5.91 Å². The predicted molar refractivity (Wildman–Crippen MR) is 101 cm³/mol. The lowest BCUT2D eigenvalue weighted by atomic mass is 9.99. The van der Waals surface area contributed by atoms with Gasteiger partial charge in [0.15, 0.2) is 5.82 Å². The zero-order valence-corrected chi connectivity index (χ0v) is 15.2. The first kappa shape index (κ1) is 17.0. The quantitative estimate of drug-likeness (QED) is 0.746. The summed E-state index contributed by atoms with van der Waals surface area (Å²) >= 11 is 0. The summed E-state index contributed by atoms with van der Waals surface area (Å²) in [5.41, 5.74) is 1.76. The number of methoxy groups -OCH3 is 1. The molecular formula is C19H20N6O2. The molecule has 0 atom stereocenters. The van der Waals surface area contributed by atoms with Crippen LogP contribution in [0.15, 0.2) is 49.1 Å². The number of rotatable bonds is 5. The van der Waals surface area contributed by atoms with E-state index in [2.05, 4.69) is 20.4 Å². The van der Waals surface area contributed by atoms with Crippen molar-refractivity contribution >= 4 is 17.4 Å². The molecule has 2 aromatic heterocycles. The highest BCUT2D eigenvalue weighted by atomic mass is 16.5. The first-order valence-corrected chi connectivity index (χ1v) is 8.66. The zero-order valence-electron chi connectivity index (χ0n) is 15.2. The van der Waals surface area contributed by atoms with Gasteiger partial charge in [-0.05, 0) is 30.7 Å². The van der Waals surface area contributed by atoms with E-state index >= 15 is 0 Å². The topological polar surface area (TPSA) is 85.2 Å². The van der Waals surface area contributed by atoms with Crippen molar-refractivity contribution in [3.8, 4) is 11.6 Å². The molecule has 27 heavy (non-hydrogen) atoms. The van der Waals surface area contributed by atoms with Crippen LogP contribution in [-0.2, 0) is 4.79 Å². The van der Waals surface area contributed by atoms with E-state index in [1.807, 2.05) is 48.4 Å². The molecule has 0 spiro atoms. The fourth-order valence-electron chi connectivity index (χ4n) is 3.03. The third kappa shape index (κ3) is 3.46. The zero-order chi connectivity index (χ0) is 18.8. The molecule has 1 saturated heterocycles. The molecule has 1 amide bonds. The minimum Gasteiger partial charge on any atom is -0.495 e. The fourth-order valence-corrected chi connectivity index (χ4v) is 3.03. The molecular weight excluding hydrogens is 344 g/mol. The number of aromatic nitrogens is 4. The summed E-state index contributed by atoms with van der Waals surface area (Å²) in [5, 5.41) is 7.15. The van der Waals surface area contributed by atoms with Crippen LogP contribution in [-0.4, -0.2) is 45.9 Å². The summed E-state index contributed by atoms with van der Waals surface area (Å²) < 4.78 is 7.00. The van der Waals surface area contributed by atoms with Crippen LogP contribution < -0.4 is 15.0 Å². The average Bonchev–Trinajstić information content (AvgIpc) is 3.16. The summed E-state index contributed by atoms with van der Waals surface area (Å²) in [6, 6.07) is 9.42. The Morgan fingerprint density at radius 2 is 2.04 bits per heavy atom. The van der Waals surface area contributed by atoms with Crippen LogP contribution in [0.3, 0.4) is 0 Å². The van der Waals surface area contributed by atoms with Gasteiger partial charge in [-0.15, -0.1) is 0 Å². The minimum absolute atomic E-state index is 0.0171. The van der Waals surface area contributed by atoms with Gasteiger partial charge in [-0.1, -0.05) is 6.07 Å². The third-order valence-electron chi connectivity index (χ3n) is 4.57. The number of aryl methyl sites for hydroxylation is 1. The van der Waals surface area contributed by atoms with Crippen LogP contribution >= 0.6 is 0 Å². The molecule has 0 saturated carbocycles. The first-order chi connectivity index (χ1) is 13.1. The Morgan fingerprint density at radius 3 is 2.78 bits per heavy atom. The molecule has 4 rings (SSSR count). The standard InChI is InChI=1S/C19H20N6O2/c1-13-4-5-16(27-2)15(8-13)23-19(26)14-10-24(11-14)17-9-18(21-12-20-17)25-7-3-6-22-25/h3-9,12,14H,10-11H2,1-2H3,(H,23,26). The van der Waals surface area contributed by atoms with Crippen molar-refractivity contribution in [1.29, 1.82) is 0 Å². The molecule has 1 aliphatic heterocycles. The van der Waals surface area contributed by atoms with E-state index in [1.165, 1.54) is 6.33 Å². The van der Waals surface area contributed by atoms with Crippen LogP contribution in [0.4, 0.5) is 11.5 Å². The number of amides is 1. The summed E-state index contributed by atoms with van der Waals surface area (Å²) in [5.74, 6) is 2.02. The lowest BCUT2D eigenvalue weighted by Gasteiger charge is -2.39. The lowest BCUT2D eigenvalue weighted by molar-refractivity contribution is -0.120. The van der Waals surface area contributed by atoms with Crippen LogP contribution in [0.1, 0.15) is 5.56 Å². The third-order valence-corrected chi connectivity index (χ3v) is 4.57. The average molecular weight is 364 g/mol. The van der Waals surface area contributed by atoms with Crippen molar-refractivity contribution in [1.82, 2.24) is 19.7 Å². The number of hydrogen-bond donors (Lipinski definition) is 1. The molecule has 138 valence electrons. The van der Waals surface area contributed by atoms with E-state index in [-0.39, 0.29) is 11.8 Å². The van der Waals surface area contributed by atoms with E-state index in [0.717, 1.165) is 11.4 Å². The second-order valence-electron chi connectivity index (χ2n) is 6.48. The summed E-state index contributed by atoms with van der Waals surface area (Å²) in [4.78, 5) is 23.2. The van der Waals surface area contributed by atoms with E-state index in [9.17, 15) is 4.79 Å². The minimum atomic E-state index is -0.0988. The largest absolute Gasteiger partial charge is 0.495 e. The number of nitrogens with one attached hydrogen (secondary N) is 1. The highest BCUT2D eigenvalue weighted by molar-refractivity contribution is 5.95. The van der Waals surface area contributed by atoms with Crippen molar-refractivity contribution in [2.45, 2.75) is 6.92 Å². The number of benzene rings is 1. The highest BCUT2D eigenvalue weighted by Gasteiger charge is 2.34. The maximum Gasteiger partial charge on any atom is 0.231 e. The number of ether oxygens (including phenoxy) is 1. The molecule has 8 heteroatoms. The van der Waals surface area contributed by atoms with Gasteiger partial charge < -0.3 is 15.0 Å². The van der Waals surface area contributed by atoms with Gasteiger partial charge in [-0.3, -0.25) is 4.79 Å². The molecule has 0 bridgehead atoms. The number of anilines is 2.